The molecule has 0 saturated heterocycles. The summed E-state index contributed by atoms with van der Waals surface area (Å²) in [5.41, 5.74) is 5.37. The van der Waals surface area contributed by atoms with Crippen molar-refractivity contribution in [3.8, 4) is 5.75 Å². The molecular weight excluding hydrogens is 249 g/mol. The Hall–Kier alpha value is -1.62. The minimum absolute atomic E-state index is 0.0443. The maximum absolute atomic E-state index is 13.8. The summed E-state index contributed by atoms with van der Waals surface area (Å²) < 4.78 is 19.0. The van der Waals surface area contributed by atoms with Gasteiger partial charge in [0, 0.05) is 6.04 Å². The maximum Gasteiger partial charge on any atom is 0.312 e. The molecule has 0 heterocycles. The SMILES string of the molecule is CC(N)Cc1ccc(OCC(C)(C)C(=O)O)c(F)c1. The van der Waals surface area contributed by atoms with Crippen LogP contribution in [0.1, 0.15) is 26.3 Å². The second-order valence-electron chi connectivity index (χ2n) is 5.42. The smallest absolute Gasteiger partial charge is 0.312 e. The van der Waals surface area contributed by atoms with E-state index in [0.717, 1.165) is 5.56 Å². The van der Waals surface area contributed by atoms with Crippen LogP contribution in [0.25, 0.3) is 0 Å². The molecule has 0 bridgehead atoms. The molecule has 4 nitrogen and oxygen atoms in total. The van der Waals surface area contributed by atoms with Crippen LogP contribution in [0.4, 0.5) is 4.39 Å². The van der Waals surface area contributed by atoms with Gasteiger partial charge in [-0.3, -0.25) is 4.79 Å². The highest BCUT2D eigenvalue weighted by molar-refractivity contribution is 5.73. The number of benzene rings is 1. The molecule has 106 valence electrons. The first-order valence-electron chi connectivity index (χ1n) is 6.12. The summed E-state index contributed by atoms with van der Waals surface area (Å²) in [6, 6.07) is 4.56. The van der Waals surface area contributed by atoms with E-state index in [9.17, 15) is 9.18 Å². The van der Waals surface area contributed by atoms with Crippen molar-refractivity contribution in [1.29, 1.82) is 0 Å². The number of hydrogen-bond donors (Lipinski definition) is 2. The van der Waals surface area contributed by atoms with Crippen molar-refractivity contribution in [3.05, 3.63) is 29.6 Å². The third-order valence-electron chi connectivity index (χ3n) is 2.72. The van der Waals surface area contributed by atoms with E-state index in [1.165, 1.54) is 26.0 Å². The van der Waals surface area contributed by atoms with Gasteiger partial charge in [-0.05, 0) is 44.9 Å². The van der Waals surface area contributed by atoms with Crippen molar-refractivity contribution in [2.24, 2.45) is 11.1 Å². The van der Waals surface area contributed by atoms with E-state index in [1.807, 2.05) is 6.92 Å². The summed E-state index contributed by atoms with van der Waals surface area (Å²) in [6.07, 6.45) is 0.581. The summed E-state index contributed by atoms with van der Waals surface area (Å²) in [4.78, 5) is 10.9. The summed E-state index contributed by atoms with van der Waals surface area (Å²) in [6.45, 7) is 4.80. The first-order chi connectivity index (χ1) is 8.72. The van der Waals surface area contributed by atoms with Gasteiger partial charge in [0.15, 0.2) is 11.6 Å². The molecule has 0 saturated carbocycles. The normalized spacial score (nSPS) is 13.1. The van der Waals surface area contributed by atoms with E-state index in [4.69, 9.17) is 15.6 Å². The molecule has 0 radical (unpaired) electrons. The van der Waals surface area contributed by atoms with Crippen LogP contribution in [0.3, 0.4) is 0 Å². The van der Waals surface area contributed by atoms with Crippen molar-refractivity contribution in [1.82, 2.24) is 0 Å². The molecule has 1 atom stereocenters. The van der Waals surface area contributed by atoms with E-state index in [-0.39, 0.29) is 18.4 Å². The van der Waals surface area contributed by atoms with Crippen molar-refractivity contribution in [2.45, 2.75) is 33.2 Å². The first-order valence-corrected chi connectivity index (χ1v) is 6.12. The zero-order valence-electron chi connectivity index (χ0n) is 11.4. The van der Waals surface area contributed by atoms with E-state index in [1.54, 1.807) is 6.07 Å². The summed E-state index contributed by atoms with van der Waals surface area (Å²) >= 11 is 0. The minimum Gasteiger partial charge on any atom is -0.489 e. The summed E-state index contributed by atoms with van der Waals surface area (Å²) in [5, 5.41) is 8.94. The number of ether oxygens (including phenoxy) is 1. The quantitative estimate of drug-likeness (QED) is 0.830. The molecule has 0 spiro atoms. The Balaban J connectivity index is 2.73. The fraction of sp³-hybridized carbons (Fsp3) is 0.500. The van der Waals surface area contributed by atoms with Crippen LogP contribution < -0.4 is 10.5 Å². The number of carboxylic acid groups (broad SMARTS) is 1. The van der Waals surface area contributed by atoms with Gasteiger partial charge in [-0.25, -0.2) is 4.39 Å². The average Bonchev–Trinajstić information content (AvgIpc) is 2.26. The molecule has 1 aromatic carbocycles. The van der Waals surface area contributed by atoms with Gasteiger partial charge >= 0.3 is 5.97 Å². The standard InChI is InChI=1S/C14H20FNO3/c1-9(16)6-10-4-5-12(11(15)7-10)19-8-14(2,3)13(17)18/h4-5,7,9H,6,8,16H2,1-3H3,(H,17,18). The Morgan fingerprint density at radius 3 is 2.63 bits per heavy atom. The van der Waals surface area contributed by atoms with Crippen LogP contribution in [-0.2, 0) is 11.2 Å². The number of carboxylic acids is 1. The Bertz CT molecular complexity index is 458. The van der Waals surface area contributed by atoms with Crippen LogP contribution in [0.15, 0.2) is 18.2 Å². The second-order valence-corrected chi connectivity index (χ2v) is 5.42. The number of halogens is 1. The summed E-state index contributed by atoms with van der Waals surface area (Å²) in [5.74, 6) is -1.43. The fourth-order valence-corrected chi connectivity index (χ4v) is 1.48. The third-order valence-corrected chi connectivity index (χ3v) is 2.72. The van der Waals surface area contributed by atoms with Gasteiger partial charge in [-0.15, -0.1) is 0 Å². The largest absolute Gasteiger partial charge is 0.489 e. The molecular formula is C14H20FNO3. The second kappa shape index (κ2) is 6.02. The van der Waals surface area contributed by atoms with Gasteiger partial charge in [0.1, 0.15) is 6.61 Å². The Kier molecular flexibility index (Phi) is 4.89. The van der Waals surface area contributed by atoms with Gasteiger partial charge < -0.3 is 15.6 Å². The van der Waals surface area contributed by atoms with Crippen LogP contribution in [-0.4, -0.2) is 23.7 Å². The van der Waals surface area contributed by atoms with E-state index < -0.39 is 17.2 Å². The van der Waals surface area contributed by atoms with Crippen LogP contribution in [0.2, 0.25) is 0 Å². The molecule has 3 N–H and O–H groups in total. The van der Waals surface area contributed by atoms with Gasteiger partial charge in [0.25, 0.3) is 0 Å². The van der Waals surface area contributed by atoms with Crippen molar-refractivity contribution >= 4 is 5.97 Å². The molecule has 1 unspecified atom stereocenters. The predicted molar refractivity (Wildman–Crippen MR) is 70.7 cm³/mol. The first kappa shape index (κ1) is 15.4. The molecule has 0 fully saturated rings. The molecule has 19 heavy (non-hydrogen) atoms. The van der Waals surface area contributed by atoms with Gasteiger partial charge in [-0.2, -0.15) is 0 Å². The monoisotopic (exact) mass is 269 g/mol. The van der Waals surface area contributed by atoms with Crippen molar-refractivity contribution < 1.29 is 19.0 Å². The van der Waals surface area contributed by atoms with Crippen LogP contribution >= 0.6 is 0 Å². The zero-order valence-corrected chi connectivity index (χ0v) is 11.4. The van der Waals surface area contributed by atoms with Crippen molar-refractivity contribution in [2.75, 3.05) is 6.61 Å². The number of nitrogens with two attached hydrogens (primary N) is 1. The number of rotatable bonds is 6. The molecule has 0 aliphatic carbocycles. The Labute approximate surface area is 112 Å². The number of aliphatic carboxylic acids is 1. The van der Waals surface area contributed by atoms with Gasteiger partial charge in [0.2, 0.25) is 0 Å². The molecule has 0 amide bonds. The lowest BCUT2D eigenvalue weighted by Crippen LogP contribution is -2.30. The molecule has 1 aromatic rings. The fourth-order valence-electron chi connectivity index (χ4n) is 1.48. The summed E-state index contributed by atoms with van der Waals surface area (Å²) in [7, 11) is 0. The highest BCUT2D eigenvalue weighted by Crippen LogP contribution is 2.23. The van der Waals surface area contributed by atoms with E-state index in [2.05, 4.69) is 0 Å². The Morgan fingerprint density at radius 1 is 1.53 bits per heavy atom. The van der Waals surface area contributed by atoms with Gasteiger partial charge in [0.05, 0.1) is 5.41 Å². The lowest BCUT2D eigenvalue weighted by molar-refractivity contribution is -0.148. The maximum atomic E-state index is 13.8. The lowest BCUT2D eigenvalue weighted by Gasteiger charge is -2.20. The molecule has 0 aliphatic rings. The minimum atomic E-state index is -1.06. The van der Waals surface area contributed by atoms with Crippen molar-refractivity contribution in [3.63, 3.8) is 0 Å². The lowest BCUT2D eigenvalue weighted by atomic mass is 9.95. The molecule has 5 heteroatoms. The van der Waals surface area contributed by atoms with Crippen LogP contribution in [0, 0.1) is 11.2 Å². The molecule has 0 aliphatic heterocycles. The predicted octanol–water partition coefficient (Wildman–Crippen LogP) is 2.21. The Morgan fingerprint density at radius 2 is 2.16 bits per heavy atom. The van der Waals surface area contributed by atoms with E-state index >= 15 is 0 Å². The van der Waals surface area contributed by atoms with E-state index in [0.29, 0.717) is 6.42 Å². The average molecular weight is 269 g/mol. The number of carbonyl (C=O) groups is 1. The van der Waals surface area contributed by atoms with Crippen LogP contribution in [0.5, 0.6) is 5.75 Å². The topological polar surface area (TPSA) is 72.5 Å². The third kappa shape index (κ3) is 4.52. The zero-order chi connectivity index (χ0) is 14.6. The highest BCUT2D eigenvalue weighted by Gasteiger charge is 2.28. The number of hydrogen-bond acceptors (Lipinski definition) is 3. The molecule has 0 aromatic heterocycles. The highest BCUT2D eigenvalue weighted by atomic mass is 19.1. The molecule has 1 rings (SSSR count). The van der Waals surface area contributed by atoms with Gasteiger partial charge in [-0.1, -0.05) is 6.07 Å².